The number of urea groups is 1. The summed E-state index contributed by atoms with van der Waals surface area (Å²) in [6, 6.07) is 4.01. The highest BCUT2D eigenvalue weighted by molar-refractivity contribution is 5.74. The molecule has 3 fully saturated rings. The summed E-state index contributed by atoms with van der Waals surface area (Å²) in [5.74, 6) is 2.27. The second-order valence-corrected chi connectivity index (χ2v) is 7.77. The monoisotopic (exact) mass is 344 g/mol. The number of carbonyl (C=O) groups excluding carboxylic acids is 1. The summed E-state index contributed by atoms with van der Waals surface area (Å²) in [5.41, 5.74) is 1.01. The maximum absolute atomic E-state index is 12.1. The predicted octanol–water partition coefficient (Wildman–Crippen LogP) is 2.15. The fourth-order valence-electron chi connectivity index (χ4n) is 3.33. The van der Waals surface area contributed by atoms with Crippen molar-refractivity contribution in [3.05, 3.63) is 23.9 Å². The van der Waals surface area contributed by atoms with Gasteiger partial charge in [-0.3, -0.25) is 0 Å². The molecule has 0 aromatic carbocycles. The highest BCUT2D eigenvalue weighted by atomic mass is 16.5. The van der Waals surface area contributed by atoms with Crippen molar-refractivity contribution in [2.24, 2.45) is 11.8 Å². The van der Waals surface area contributed by atoms with Crippen molar-refractivity contribution in [2.75, 3.05) is 26.2 Å². The molecule has 2 heterocycles. The molecule has 1 aromatic heterocycles. The Hall–Kier alpha value is -1.82. The highest BCUT2D eigenvalue weighted by Gasteiger charge is 2.29. The molecule has 1 saturated heterocycles. The average molecular weight is 344 g/mol. The molecule has 4 rings (SSSR count). The van der Waals surface area contributed by atoms with E-state index in [2.05, 4.69) is 20.5 Å². The predicted molar refractivity (Wildman–Crippen MR) is 95.4 cm³/mol. The molecule has 1 unspecified atom stereocenters. The number of nitrogens with one attached hydrogen (secondary N) is 2. The number of pyridine rings is 1. The minimum atomic E-state index is -0.0875. The van der Waals surface area contributed by atoms with E-state index < -0.39 is 0 Å². The van der Waals surface area contributed by atoms with Crippen molar-refractivity contribution in [3.8, 4) is 5.88 Å². The zero-order valence-electron chi connectivity index (χ0n) is 14.7. The van der Waals surface area contributed by atoms with Gasteiger partial charge in [-0.25, -0.2) is 9.78 Å². The molecule has 0 spiro atoms. The lowest BCUT2D eigenvalue weighted by Crippen LogP contribution is -2.43. The van der Waals surface area contributed by atoms with E-state index in [4.69, 9.17) is 4.74 Å². The van der Waals surface area contributed by atoms with Crippen LogP contribution in [0.4, 0.5) is 4.79 Å². The number of hydrogen-bond acceptors (Lipinski definition) is 4. The van der Waals surface area contributed by atoms with E-state index in [1.165, 1.54) is 32.2 Å². The van der Waals surface area contributed by atoms with E-state index in [9.17, 15) is 4.79 Å². The molecule has 1 atom stereocenters. The molecular formula is C19H28N4O2. The zero-order valence-corrected chi connectivity index (χ0v) is 14.7. The van der Waals surface area contributed by atoms with Gasteiger partial charge in [-0.05, 0) is 55.6 Å². The molecule has 2 aliphatic carbocycles. The summed E-state index contributed by atoms with van der Waals surface area (Å²) in [6.45, 7) is 4.54. The molecule has 0 bridgehead atoms. The van der Waals surface area contributed by atoms with Gasteiger partial charge in [-0.1, -0.05) is 0 Å². The third-order valence-corrected chi connectivity index (χ3v) is 5.24. The molecule has 6 nitrogen and oxygen atoms in total. The first-order valence-electron chi connectivity index (χ1n) is 9.59. The Bertz CT molecular complexity index is 601. The maximum Gasteiger partial charge on any atom is 0.315 e. The van der Waals surface area contributed by atoms with Crippen LogP contribution in [0.2, 0.25) is 0 Å². The van der Waals surface area contributed by atoms with Gasteiger partial charge in [0.25, 0.3) is 0 Å². The van der Waals surface area contributed by atoms with Crippen molar-refractivity contribution in [2.45, 2.75) is 44.7 Å². The molecule has 2 amide bonds. The molecule has 25 heavy (non-hydrogen) atoms. The van der Waals surface area contributed by atoms with Crippen molar-refractivity contribution < 1.29 is 9.53 Å². The summed E-state index contributed by atoms with van der Waals surface area (Å²) < 4.78 is 5.69. The molecule has 2 N–H and O–H groups in total. The van der Waals surface area contributed by atoms with E-state index in [1.54, 1.807) is 6.20 Å². The first-order valence-corrected chi connectivity index (χ1v) is 9.59. The fourth-order valence-corrected chi connectivity index (χ4v) is 3.33. The molecule has 1 aromatic rings. The molecule has 1 aliphatic heterocycles. The lowest BCUT2D eigenvalue weighted by molar-refractivity contribution is 0.235. The number of hydrogen-bond donors (Lipinski definition) is 2. The van der Waals surface area contributed by atoms with Crippen LogP contribution < -0.4 is 15.4 Å². The van der Waals surface area contributed by atoms with Gasteiger partial charge in [-0.2, -0.15) is 0 Å². The van der Waals surface area contributed by atoms with Gasteiger partial charge in [0.1, 0.15) is 0 Å². The lowest BCUT2D eigenvalue weighted by Gasteiger charge is -2.16. The number of ether oxygens (including phenoxy) is 1. The van der Waals surface area contributed by atoms with Crippen LogP contribution in [0.5, 0.6) is 5.88 Å². The molecular weight excluding hydrogens is 316 g/mol. The van der Waals surface area contributed by atoms with Gasteiger partial charge in [0.05, 0.1) is 6.61 Å². The topological polar surface area (TPSA) is 66.5 Å². The van der Waals surface area contributed by atoms with E-state index in [0.29, 0.717) is 18.3 Å². The Labute approximate surface area is 149 Å². The van der Waals surface area contributed by atoms with Gasteiger partial charge in [0.15, 0.2) is 0 Å². The first kappa shape index (κ1) is 16.6. The summed E-state index contributed by atoms with van der Waals surface area (Å²) in [4.78, 5) is 18.8. The van der Waals surface area contributed by atoms with Crippen LogP contribution in [0.15, 0.2) is 18.3 Å². The van der Waals surface area contributed by atoms with Crippen LogP contribution in [0.1, 0.15) is 37.7 Å². The number of aromatic nitrogens is 1. The largest absolute Gasteiger partial charge is 0.477 e. The second kappa shape index (κ2) is 7.60. The first-order chi connectivity index (χ1) is 12.2. The quantitative estimate of drug-likeness (QED) is 0.758. The van der Waals surface area contributed by atoms with Crippen LogP contribution in [0, 0.1) is 11.8 Å². The highest BCUT2D eigenvalue weighted by Crippen LogP contribution is 2.31. The second-order valence-electron chi connectivity index (χ2n) is 7.77. The van der Waals surface area contributed by atoms with Crippen LogP contribution in [-0.2, 0) is 6.54 Å². The third kappa shape index (κ3) is 5.33. The Morgan fingerprint density at radius 3 is 2.88 bits per heavy atom. The minimum Gasteiger partial charge on any atom is -0.477 e. The zero-order chi connectivity index (χ0) is 17.1. The van der Waals surface area contributed by atoms with Crippen LogP contribution >= 0.6 is 0 Å². The normalized spacial score (nSPS) is 23.4. The van der Waals surface area contributed by atoms with E-state index in [-0.39, 0.29) is 12.1 Å². The average Bonchev–Trinajstić information content (AvgIpc) is 3.53. The summed E-state index contributed by atoms with van der Waals surface area (Å²) >= 11 is 0. The van der Waals surface area contributed by atoms with Crippen molar-refractivity contribution in [1.29, 1.82) is 0 Å². The Morgan fingerprint density at radius 2 is 2.08 bits per heavy atom. The van der Waals surface area contributed by atoms with Crippen molar-refractivity contribution >= 4 is 6.03 Å². The molecule has 0 radical (unpaired) electrons. The number of likely N-dealkylation sites (tertiary alicyclic amines) is 1. The molecule has 2 saturated carbocycles. The summed E-state index contributed by atoms with van der Waals surface area (Å²) in [7, 11) is 0. The van der Waals surface area contributed by atoms with Gasteiger partial charge in [0.2, 0.25) is 5.88 Å². The third-order valence-electron chi connectivity index (χ3n) is 5.24. The number of rotatable bonds is 8. The fraction of sp³-hybridized carbons (Fsp3) is 0.684. The van der Waals surface area contributed by atoms with E-state index in [1.807, 2.05) is 12.1 Å². The SMILES string of the molecule is O=C(NCc1ccnc(OCC2CC2)c1)NC1CCN(CC2CC2)C1. The van der Waals surface area contributed by atoms with Crippen molar-refractivity contribution in [1.82, 2.24) is 20.5 Å². The van der Waals surface area contributed by atoms with Crippen LogP contribution in [-0.4, -0.2) is 48.2 Å². The summed E-state index contributed by atoms with van der Waals surface area (Å²) in [5, 5.41) is 6.04. The lowest BCUT2D eigenvalue weighted by atomic mass is 10.2. The molecule has 6 heteroatoms. The van der Waals surface area contributed by atoms with Gasteiger partial charge in [0, 0.05) is 44.5 Å². The maximum atomic E-state index is 12.1. The van der Waals surface area contributed by atoms with E-state index in [0.717, 1.165) is 37.6 Å². The van der Waals surface area contributed by atoms with Crippen LogP contribution in [0.25, 0.3) is 0 Å². The van der Waals surface area contributed by atoms with E-state index >= 15 is 0 Å². The Morgan fingerprint density at radius 1 is 1.24 bits per heavy atom. The number of nitrogens with zero attached hydrogens (tertiary/aromatic N) is 2. The minimum absolute atomic E-state index is 0.0875. The molecule has 3 aliphatic rings. The van der Waals surface area contributed by atoms with Crippen LogP contribution in [0.3, 0.4) is 0 Å². The number of carbonyl (C=O) groups is 1. The van der Waals surface area contributed by atoms with Gasteiger partial charge >= 0.3 is 6.03 Å². The molecule has 136 valence electrons. The number of amides is 2. The van der Waals surface area contributed by atoms with Gasteiger partial charge in [-0.15, -0.1) is 0 Å². The smallest absolute Gasteiger partial charge is 0.315 e. The standard InChI is InChI=1S/C19H28N4O2/c24-19(22-17-6-8-23(12-17)11-14-1-2-14)21-10-16-5-7-20-18(9-16)25-13-15-3-4-15/h5,7,9,14-15,17H,1-4,6,8,10-13H2,(H2,21,22,24). The summed E-state index contributed by atoms with van der Waals surface area (Å²) in [6.07, 6.45) is 8.08. The van der Waals surface area contributed by atoms with Crippen molar-refractivity contribution in [3.63, 3.8) is 0 Å². The van der Waals surface area contributed by atoms with Gasteiger partial charge < -0.3 is 20.3 Å². The Balaban J connectivity index is 1.17. The Kier molecular flexibility index (Phi) is 5.06.